The molecule has 5 heteroatoms. The zero-order valence-electron chi connectivity index (χ0n) is 10.5. The summed E-state index contributed by atoms with van der Waals surface area (Å²) in [5, 5.41) is 4.27. The van der Waals surface area contributed by atoms with Gasteiger partial charge in [0.25, 0.3) is 0 Å². The third-order valence-electron chi connectivity index (χ3n) is 2.77. The SMILES string of the molecule is Cc1cc(N)nc(SCc2csc3ccccc23)n1. The van der Waals surface area contributed by atoms with Crippen molar-refractivity contribution in [3.63, 3.8) is 0 Å². The molecule has 0 spiro atoms. The van der Waals surface area contributed by atoms with Crippen molar-refractivity contribution in [3.05, 3.63) is 47.0 Å². The molecular formula is C14H13N3S2. The van der Waals surface area contributed by atoms with Gasteiger partial charge in [0.2, 0.25) is 0 Å². The molecule has 0 aliphatic heterocycles. The highest BCUT2D eigenvalue weighted by molar-refractivity contribution is 7.98. The fourth-order valence-corrected chi connectivity index (χ4v) is 3.89. The molecule has 0 unspecified atom stereocenters. The molecule has 0 saturated carbocycles. The topological polar surface area (TPSA) is 51.8 Å². The van der Waals surface area contributed by atoms with Crippen molar-refractivity contribution in [2.24, 2.45) is 0 Å². The summed E-state index contributed by atoms with van der Waals surface area (Å²) in [6.45, 7) is 1.93. The molecule has 0 atom stereocenters. The van der Waals surface area contributed by atoms with Crippen molar-refractivity contribution in [3.8, 4) is 0 Å². The van der Waals surface area contributed by atoms with Gasteiger partial charge >= 0.3 is 0 Å². The van der Waals surface area contributed by atoms with Gasteiger partial charge in [-0.3, -0.25) is 0 Å². The van der Waals surface area contributed by atoms with Crippen LogP contribution in [0.5, 0.6) is 0 Å². The molecule has 2 N–H and O–H groups in total. The Hall–Kier alpha value is -1.59. The van der Waals surface area contributed by atoms with Gasteiger partial charge in [-0.1, -0.05) is 30.0 Å². The quantitative estimate of drug-likeness (QED) is 0.587. The molecule has 0 amide bonds. The maximum Gasteiger partial charge on any atom is 0.190 e. The van der Waals surface area contributed by atoms with Crippen molar-refractivity contribution in [1.82, 2.24) is 9.97 Å². The van der Waals surface area contributed by atoms with Crippen LogP contribution in [0.15, 0.2) is 40.9 Å². The van der Waals surface area contributed by atoms with E-state index in [1.54, 1.807) is 29.2 Å². The molecule has 2 heterocycles. The fraction of sp³-hybridized carbons (Fsp3) is 0.143. The average molecular weight is 287 g/mol. The summed E-state index contributed by atoms with van der Waals surface area (Å²) in [6.07, 6.45) is 0. The van der Waals surface area contributed by atoms with Crippen LogP contribution in [0.3, 0.4) is 0 Å². The number of benzene rings is 1. The van der Waals surface area contributed by atoms with Crippen LogP contribution in [0.4, 0.5) is 5.82 Å². The second-order valence-electron chi connectivity index (χ2n) is 4.26. The Bertz CT molecular complexity index is 701. The number of fused-ring (bicyclic) bond motifs is 1. The molecule has 0 aliphatic carbocycles. The van der Waals surface area contributed by atoms with Gasteiger partial charge in [0.05, 0.1) is 0 Å². The Labute approximate surface area is 119 Å². The Kier molecular flexibility index (Phi) is 3.40. The number of thiophene rings is 1. The number of nitrogens with zero attached hydrogens (tertiary/aromatic N) is 2. The van der Waals surface area contributed by atoms with E-state index in [9.17, 15) is 0 Å². The fourth-order valence-electron chi connectivity index (χ4n) is 1.92. The maximum absolute atomic E-state index is 5.74. The van der Waals surface area contributed by atoms with Crippen LogP contribution >= 0.6 is 23.1 Å². The number of hydrogen-bond donors (Lipinski definition) is 1. The number of hydrogen-bond acceptors (Lipinski definition) is 5. The highest BCUT2D eigenvalue weighted by Gasteiger charge is 2.06. The number of thioether (sulfide) groups is 1. The first-order valence-electron chi connectivity index (χ1n) is 5.91. The molecule has 2 aromatic heterocycles. The second kappa shape index (κ2) is 5.19. The predicted molar refractivity (Wildman–Crippen MR) is 82.6 cm³/mol. The maximum atomic E-state index is 5.74. The molecule has 19 heavy (non-hydrogen) atoms. The monoisotopic (exact) mass is 287 g/mol. The lowest BCUT2D eigenvalue weighted by molar-refractivity contribution is 0.940. The van der Waals surface area contributed by atoms with E-state index in [2.05, 4.69) is 39.6 Å². The van der Waals surface area contributed by atoms with Crippen LogP contribution in [-0.4, -0.2) is 9.97 Å². The molecule has 0 radical (unpaired) electrons. The summed E-state index contributed by atoms with van der Waals surface area (Å²) in [6, 6.07) is 10.2. The van der Waals surface area contributed by atoms with Crippen LogP contribution in [0.2, 0.25) is 0 Å². The molecule has 3 nitrogen and oxygen atoms in total. The Morgan fingerprint density at radius 3 is 2.95 bits per heavy atom. The van der Waals surface area contributed by atoms with Crippen molar-refractivity contribution in [2.45, 2.75) is 17.8 Å². The summed E-state index contributed by atoms with van der Waals surface area (Å²) in [5.41, 5.74) is 7.97. The van der Waals surface area contributed by atoms with E-state index in [4.69, 9.17) is 5.73 Å². The second-order valence-corrected chi connectivity index (χ2v) is 6.12. The van der Waals surface area contributed by atoms with Gasteiger partial charge in [0.15, 0.2) is 5.16 Å². The van der Waals surface area contributed by atoms with Crippen molar-refractivity contribution < 1.29 is 0 Å². The summed E-state index contributed by atoms with van der Waals surface area (Å²) >= 11 is 3.40. The molecule has 3 aromatic rings. The van der Waals surface area contributed by atoms with E-state index >= 15 is 0 Å². The van der Waals surface area contributed by atoms with E-state index in [1.807, 2.05) is 6.92 Å². The Balaban J connectivity index is 1.82. The minimum absolute atomic E-state index is 0.533. The Morgan fingerprint density at radius 2 is 2.11 bits per heavy atom. The number of aromatic nitrogens is 2. The molecule has 3 rings (SSSR count). The van der Waals surface area contributed by atoms with E-state index in [0.717, 1.165) is 16.6 Å². The summed E-state index contributed by atoms with van der Waals surface area (Å²) in [7, 11) is 0. The third-order valence-corrected chi connectivity index (χ3v) is 4.68. The molecule has 96 valence electrons. The van der Waals surface area contributed by atoms with Gasteiger partial charge < -0.3 is 5.73 Å². The first-order valence-corrected chi connectivity index (χ1v) is 7.78. The van der Waals surface area contributed by atoms with Crippen LogP contribution in [0, 0.1) is 6.92 Å². The summed E-state index contributed by atoms with van der Waals surface area (Å²) in [4.78, 5) is 8.64. The van der Waals surface area contributed by atoms with Crippen LogP contribution < -0.4 is 5.73 Å². The zero-order chi connectivity index (χ0) is 13.2. The minimum Gasteiger partial charge on any atom is -0.384 e. The lowest BCUT2D eigenvalue weighted by Crippen LogP contribution is -1.96. The lowest BCUT2D eigenvalue weighted by atomic mass is 10.2. The average Bonchev–Trinajstić information content (AvgIpc) is 2.78. The van der Waals surface area contributed by atoms with E-state index in [0.29, 0.717) is 5.82 Å². The smallest absolute Gasteiger partial charge is 0.190 e. The van der Waals surface area contributed by atoms with Gasteiger partial charge in [-0.05, 0) is 29.3 Å². The van der Waals surface area contributed by atoms with Gasteiger partial charge in [0, 0.05) is 22.2 Å². The van der Waals surface area contributed by atoms with Gasteiger partial charge in [-0.25, -0.2) is 9.97 Å². The molecule has 0 aliphatic rings. The molecule has 0 saturated heterocycles. The number of nitrogens with two attached hydrogens (primary N) is 1. The first kappa shape index (κ1) is 12.4. The van der Waals surface area contributed by atoms with Gasteiger partial charge in [0.1, 0.15) is 5.82 Å². The number of aryl methyl sites for hydroxylation is 1. The van der Waals surface area contributed by atoms with Crippen molar-refractivity contribution >= 4 is 39.0 Å². The van der Waals surface area contributed by atoms with Gasteiger partial charge in [-0.15, -0.1) is 11.3 Å². The predicted octanol–water partition coefficient (Wildman–Crippen LogP) is 3.87. The minimum atomic E-state index is 0.533. The highest BCUT2D eigenvalue weighted by atomic mass is 32.2. The number of rotatable bonds is 3. The third kappa shape index (κ3) is 2.72. The molecule has 0 bridgehead atoms. The molecule has 1 aromatic carbocycles. The van der Waals surface area contributed by atoms with E-state index in [-0.39, 0.29) is 0 Å². The van der Waals surface area contributed by atoms with Crippen LogP contribution in [0.25, 0.3) is 10.1 Å². The largest absolute Gasteiger partial charge is 0.384 e. The van der Waals surface area contributed by atoms with Crippen molar-refractivity contribution in [1.29, 1.82) is 0 Å². The van der Waals surface area contributed by atoms with Crippen molar-refractivity contribution in [2.75, 3.05) is 5.73 Å². The van der Waals surface area contributed by atoms with E-state index < -0.39 is 0 Å². The first-order chi connectivity index (χ1) is 9.22. The summed E-state index contributed by atoms with van der Waals surface area (Å²) < 4.78 is 1.32. The van der Waals surface area contributed by atoms with Crippen LogP contribution in [0.1, 0.15) is 11.3 Å². The number of anilines is 1. The normalized spacial score (nSPS) is 11.0. The Morgan fingerprint density at radius 1 is 1.26 bits per heavy atom. The zero-order valence-corrected chi connectivity index (χ0v) is 12.1. The number of nitrogen functional groups attached to an aromatic ring is 1. The van der Waals surface area contributed by atoms with Crippen LogP contribution in [-0.2, 0) is 5.75 Å². The lowest BCUT2D eigenvalue weighted by Gasteiger charge is -2.02. The summed E-state index contributed by atoms with van der Waals surface area (Å²) in [5.74, 6) is 1.40. The molecule has 0 fully saturated rings. The van der Waals surface area contributed by atoms with E-state index in [1.165, 1.54) is 15.6 Å². The highest BCUT2D eigenvalue weighted by Crippen LogP contribution is 2.30. The van der Waals surface area contributed by atoms with Gasteiger partial charge in [-0.2, -0.15) is 0 Å². The molecular weight excluding hydrogens is 274 g/mol. The standard InChI is InChI=1S/C14H13N3S2/c1-9-6-13(15)17-14(16-9)19-8-10-7-18-12-5-3-2-4-11(10)12/h2-7H,8H2,1H3,(H2,15,16,17).